The highest BCUT2D eigenvalue weighted by Gasteiger charge is 2.13. The molecule has 0 fully saturated rings. The number of fused-ring (bicyclic) bond motifs is 1. The molecular weight excluding hydrogens is 218 g/mol. The fourth-order valence-corrected chi connectivity index (χ4v) is 1.78. The second kappa shape index (κ2) is 3.69. The minimum Gasteiger partial charge on any atom is -0.486 e. The van der Waals surface area contributed by atoms with Crippen molar-refractivity contribution >= 4 is 5.82 Å². The van der Waals surface area contributed by atoms with E-state index in [0.29, 0.717) is 19.0 Å². The van der Waals surface area contributed by atoms with E-state index in [2.05, 4.69) is 5.10 Å². The van der Waals surface area contributed by atoms with Crippen LogP contribution in [0.3, 0.4) is 0 Å². The average Bonchev–Trinajstić information content (AvgIpc) is 2.69. The van der Waals surface area contributed by atoms with E-state index >= 15 is 0 Å². The summed E-state index contributed by atoms with van der Waals surface area (Å²) >= 11 is 0. The van der Waals surface area contributed by atoms with Crippen molar-refractivity contribution < 1.29 is 9.47 Å². The number of nitrogen functional groups attached to an aromatic ring is 1. The molecule has 1 aromatic heterocycles. The molecule has 1 aromatic carbocycles. The molecule has 17 heavy (non-hydrogen) atoms. The third kappa shape index (κ3) is 1.69. The van der Waals surface area contributed by atoms with Crippen LogP contribution in [0.1, 0.15) is 5.56 Å². The second-order valence-corrected chi connectivity index (χ2v) is 3.97. The van der Waals surface area contributed by atoms with Crippen molar-refractivity contribution in [3.63, 3.8) is 0 Å². The van der Waals surface area contributed by atoms with E-state index in [1.165, 1.54) is 0 Å². The normalized spacial score (nSPS) is 13.7. The van der Waals surface area contributed by atoms with Crippen LogP contribution in [-0.4, -0.2) is 23.0 Å². The zero-order valence-electron chi connectivity index (χ0n) is 9.51. The summed E-state index contributed by atoms with van der Waals surface area (Å²) in [5, 5.41) is 4.23. The molecule has 0 saturated carbocycles. The molecule has 2 N–H and O–H groups in total. The molecule has 0 bridgehead atoms. The zero-order valence-corrected chi connectivity index (χ0v) is 9.51. The highest BCUT2D eigenvalue weighted by Crippen LogP contribution is 2.32. The molecule has 2 heterocycles. The number of aryl methyl sites for hydroxylation is 1. The van der Waals surface area contributed by atoms with Crippen molar-refractivity contribution in [1.29, 1.82) is 0 Å². The first-order valence-corrected chi connectivity index (χ1v) is 5.46. The summed E-state index contributed by atoms with van der Waals surface area (Å²) < 4.78 is 12.7. The molecule has 0 saturated heterocycles. The molecule has 2 aromatic rings. The van der Waals surface area contributed by atoms with Gasteiger partial charge in [0.2, 0.25) is 0 Å². The SMILES string of the molecule is Cc1cn(-c2ccc3c(c2)OCCO3)nc1N. The van der Waals surface area contributed by atoms with Crippen molar-refractivity contribution in [3.8, 4) is 17.2 Å². The summed E-state index contributed by atoms with van der Waals surface area (Å²) in [6.45, 7) is 3.10. The Hall–Kier alpha value is -2.17. The predicted octanol–water partition coefficient (Wildman–Crippen LogP) is 1.53. The van der Waals surface area contributed by atoms with Gasteiger partial charge < -0.3 is 15.2 Å². The number of ether oxygens (including phenoxy) is 2. The Labute approximate surface area is 98.8 Å². The van der Waals surface area contributed by atoms with Gasteiger partial charge in [-0.05, 0) is 19.1 Å². The van der Waals surface area contributed by atoms with E-state index < -0.39 is 0 Å². The smallest absolute Gasteiger partial charge is 0.163 e. The minimum absolute atomic E-state index is 0.542. The minimum atomic E-state index is 0.542. The largest absolute Gasteiger partial charge is 0.486 e. The number of nitrogens with zero attached hydrogens (tertiary/aromatic N) is 2. The summed E-state index contributed by atoms with van der Waals surface area (Å²) in [7, 11) is 0. The average molecular weight is 231 g/mol. The highest BCUT2D eigenvalue weighted by molar-refractivity contribution is 5.50. The van der Waals surface area contributed by atoms with Crippen LogP contribution >= 0.6 is 0 Å². The van der Waals surface area contributed by atoms with Crippen molar-refractivity contribution in [2.24, 2.45) is 0 Å². The molecule has 1 aliphatic heterocycles. The Morgan fingerprint density at radius 1 is 1.24 bits per heavy atom. The lowest BCUT2D eigenvalue weighted by molar-refractivity contribution is 0.171. The Bertz CT molecular complexity index is 543. The third-order valence-electron chi connectivity index (χ3n) is 2.73. The van der Waals surface area contributed by atoms with Crippen LogP contribution in [0, 0.1) is 6.92 Å². The molecule has 0 atom stereocenters. The zero-order chi connectivity index (χ0) is 11.8. The van der Waals surface area contributed by atoms with Gasteiger partial charge in [-0.25, -0.2) is 4.68 Å². The summed E-state index contributed by atoms with van der Waals surface area (Å²) in [6.07, 6.45) is 1.89. The summed E-state index contributed by atoms with van der Waals surface area (Å²) in [5.74, 6) is 2.07. The van der Waals surface area contributed by atoms with Gasteiger partial charge in [0, 0.05) is 17.8 Å². The van der Waals surface area contributed by atoms with Gasteiger partial charge in [-0.3, -0.25) is 0 Å². The molecule has 3 rings (SSSR count). The highest BCUT2D eigenvalue weighted by atomic mass is 16.6. The number of hydrogen-bond donors (Lipinski definition) is 1. The fraction of sp³-hybridized carbons (Fsp3) is 0.250. The number of rotatable bonds is 1. The molecule has 1 aliphatic rings. The Morgan fingerprint density at radius 3 is 2.71 bits per heavy atom. The van der Waals surface area contributed by atoms with Crippen molar-refractivity contribution in [2.75, 3.05) is 18.9 Å². The number of hydrogen-bond acceptors (Lipinski definition) is 4. The monoisotopic (exact) mass is 231 g/mol. The quantitative estimate of drug-likeness (QED) is 0.808. The topological polar surface area (TPSA) is 62.3 Å². The van der Waals surface area contributed by atoms with Gasteiger partial charge in [-0.2, -0.15) is 5.10 Å². The predicted molar refractivity (Wildman–Crippen MR) is 63.7 cm³/mol. The number of benzene rings is 1. The number of aromatic nitrogens is 2. The van der Waals surface area contributed by atoms with Crippen LogP contribution in [-0.2, 0) is 0 Å². The van der Waals surface area contributed by atoms with E-state index in [1.54, 1.807) is 4.68 Å². The molecule has 88 valence electrons. The van der Waals surface area contributed by atoms with E-state index in [0.717, 1.165) is 22.7 Å². The van der Waals surface area contributed by atoms with E-state index in [-0.39, 0.29) is 0 Å². The van der Waals surface area contributed by atoms with Crippen LogP contribution in [0.15, 0.2) is 24.4 Å². The molecule has 0 aliphatic carbocycles. The maximum absolute atomic E-state index is 5.73. The van der Waals surface area contributed by atoms with Crippen LogP contribution in [0.2, 0.25) is 0 Å². The van der Waals surface area contributed by atoms with E-state index in [4.69, 9.17) is 15.2 Å². The molecule has 0 radical (unpaired) electrons. The lowest BCUT2D eigenvalue weighted by Crippen LogP contribution is -2.15. The van der Waals surface area contributed by atoms with Crippen LogP contribution in [0.5, 0.6) is 11.5 Å². The first-order valence-electron chi connectivity index (χ1n) is 5.46. The van der Waals surface area contributed by atoms with Gasteiger partial charge in [0.05, 0.1) is 5.69 Å². The second-order valence-electron chi connectivity index (χ2n) is 3.97. The van der Waals surface area contributed by atoms with Gasteiger partial charge >= 0.3 is 0 Å². The molecule has 0 unspecified atom stereocenters. The van der Waals surface area contributed by atoms with Gasteiger partial charge in [0.1, 0.15) is 19.0 Å². The van der Waals surface area contributed by atoms with Crippen LogP contribution in [0.4, 0.5) is 5.82 Å². The first kappa shape index (κ1) is 10.0. The van der Waals surface area contributed by atoms with E-state index in [9.17, 15) is 0 Å². The third-order valence-corrected chi connectivity index (χ3v) is 2.73. The molecule has 0 amide bonds. The van der Waals surface area contributed by atoms with Crippen LogP contribution in [0.25, 0.3) is 5.69 Å². The lowest BCUT2D eigenvalue weighted by atomic mass is 10.2. The van der Waals surface area contributed by atoms with Gasteiger partial charge in [-0.15, -0.1) is 0 Å². The summed E-state index contributed by atoms with van der Waals surface area (Å²) in [6, 6.07) is 5.72. The summed E-state index contributed by atoms with van der Waals surface area (Å²) in [5.41, 5.74) is 7.60. The first-order chi connectivity index (χ1) is 8.24. The van der Waals surface area contributed by atoms with Gasteiger partial charge in [-0.1, -0.05) is 0 Å². The molecule has 5 nitrogen and oxygen atoms in total. The Balaban J connectivity index is 2.03. The standard InChI is InChI=1S/C12H13N3O2/c1-8-7-15(14-12(8)13)9-2-3-10-11(6-9)17-5-4-16-10/h2-3,6-7H,4-5H2,1H3,(H2,13,14). The molecular formula is C12H13N3O2. The Morgan fingerprint density at radius 2 is 2.00 bits per heavy atom. The number of nitrogens with two attached hydrogens (primary N) is 1. The summed E-state index contributed by atoms with van der Waals surface area (Å²) in [4.78, 5) is 0. The van der Waals surface area contributed by atoms with Gasteiger partial charge in [0.25, 0.3) is 0 Å². The van der Waals surface area contributed by atoms with Crippen molar-refractivity contribution in [2.45, 2.75) is 6.92 Å². The lowest BCUT2D eigenvalue weighted by Gasteiger charge is -2.18. The van der Waals surface area contributed by atoms with Crippen molar-refractivity contribution in [3.05, 3.63) is 30.0 Å². The van der Waals surface area contributed by atoms with E-state index in [1.807, 2.05) is 31.3 Å². The maximum atomic E-state index is 5.73. The number of anilines is 1. The molecule has 5 heteroatoms. The van der Waals surface area contributed by atoms with Gasteiger partial charge in [0.15, 0.2) is 11.5 Å². The Kier molecular flexibility index (Phi) is 2.18. The molecule has 0 spiro atoms. The van der Waals surface area contributed by atoms with Crippen molar-refractivity contribution in [1.82, 2.24) is 9.78 Å². The fourth-order valence-electron chi connectivity index (χ4n) is 1.78. The maximum Gasteiger partial charge on any atom is 0.163 e. The van der Waals surface area contributed by atoms with Crippen LogP contribution < -0.4 is 15.2 Å².